The van der Waals surface area contributed by atoms with Crippen LogP contribution in [0.3, 0.4) is 0 Å². The number of halogens is 1. The SMILES string of the molecule is ClC1Cc2ccccc2C1NC1CCOC1. The lowest BCUT2D eigenvalue weighted by Crippen LogP contribution is -2.35. The molecule has 0 bridgehead atoms. The lowest BCUT2D eigenvalue weighted by Gasteiger charge is -2.21. The molecular formula is C13H16ClNO. The van der Waals surface area contributed by atoms with E-state index in [9.17, 15) is 0 Å². The molecule has 1 aliphatic carbocycles. The Labute approximate surface area is 101 Å². The van der Waals surface area contributed by atoms with Gasteiger partial charge in [0.05, 0.1) is 12.0 Å². The summed E-state index contributed by atoms with van der Waals surface area (Å²) in [5, 5.41) is 3.81. The van der Waals surface area contributed by atoms with Crippen molar-refractivity contribution in [3.63, 3.8) is 0 Å². The van der Waals surface area contributed by atoms with E-state index < -0.39 is 0 Å². The third kappa shape index (κ3) is 1.86. The summed E-state index contributed by atoms with van der Waals surface area (Å²) < 4.78 is 5.39. The number of alkyl halides is 1. The van der Waals surface area contributed by atoms with Crippen LogP contribution in [-0.2, 0) is 11.2 Å². The lowest BCUT2D eigenvalue weighted by atomic mass is 10.1. The van der Waals surface area contributed by atoms with Gasteiger partial charge in [0.25, 0.3) is 0 Å². The van der Waals surface area contributed by atoms with Crippen LogP contribution < -0.4 is 5.32 Å². The smallest absolute Gasteiger partial charge is 0.0620 e. The Morgan fingerprint density at radius 1 is 1.31 bits per heavy atom. The maximum atomic E-state index is 6.42. The molecule has 1 heterocycles. The molecule has 1 fully saturated rings. The highest BCUT2D eigenvalue weighted by molar-refractivity contribution is 6.21. The second kappa shape index (κ2) is 4.36. The third-order valence-electron chi connectivity index (χ3n) is 3.51. The molecule has 3 rings (SSSR count). The molecule has 1 saturated heterocycles. The highest BCUT2D eigenvalue weighted by Crippen LogP contribution is 2.35. The Bertz CT molecular complexity index is 376. The summed E-state index contributed by atoms with van der Waals surface area (Å²) >= 11 is 6.42. The molecule has 3 atom stereocenters. The van der Waals surface area contributed by atoms with Gasteiger partial charge >= 0.3 is 0 Å². The minimum Gasteiger partial charge on any atom is -0.380 e. The summed E-state index contributed by atoms with van der Waals surface area (Å²) in [5.41, 5.74) is 2.76. The third-order valence-corrected chi connectivity index (χ3v) is 3.92. The maximum Gasteiger partial charge on any atom is 0.0620 e. The Balaban J connectivity index is 1.79. The van der Waals surface area contributed by atoms with Gasteiger partial charge in [0.15, 0.2) is 0 Å². The van der Waals surface area contributed by atoms with Crippen molar-refractivity contribution in [1.82, 2.24) is 5.32 Å². The number of fused-ring (bicyclic) bond motifs is 1. The second-order valence-corrected chi connectivity index (χ2v) is 5.18. The van der Waals surface area contributed by atoms with Crippen LogP contribution in [0, 0.1) is 0 Å². The molecule has 0 aromatic heterocycles. The van der Waals surface area contributed by atoms with Gasteiger partial charge in [0, 0.05) is 18.7 Å². The number of benzene rings is 1. The number of rotatable bonds is 2. The van der Waals surface area contributed by atoms with Crippen molar-refractivity contribution in [2.24, 2.45) is 0 Å². The molecule has 1 aromatic carbocycles. The first-order valence-electron chi connectivity index (χ1n) is 5.90. The summed E-state index contributed by atoms with van der Waals surface area (Å²) in [4.78, 5) is 0. The van der Waals surface area contributed by atoms with E-state index in [1.54, 1.807) is 0 Å². The van der Waals surface area contributed by atoms with Crippen molar-refractivity contribution >= 4 is 11.6 Å². The molecule has 0 radical (unpaired) electrons. The van der Waals surface area contributed by atoms with Crippen LogP contribution >= 0.6 is 11.6 Å². The molecule has 86 valence electrons. The van der Waals surface area contributed by atoms with E-state index in [1.807, 2.05) is 0 Å². The number of nitrogens with one attached hydrogen (secondary N) is 1. The number of hydrogen-bond acceptors (Lipinski definition) is 2. The molecular weight excluding hydrogens is 222 g/mol. The molecule has 1 aromatic rings. The van der Waals surface area contributed by atoms with Crippen molar-refractivity contribution in [3.8, 4) is 0 Å². The first-order valence-corrected chi connectivity index (χ1v) is 6.34. The zero-order chi connectivity index (χ0) is 11.0. The van der Waals surface area contributed by atoms with Gasteiger partial charge in [-0.05, 0) is 24.0 Å². The van der Waals surface area contributed by atoms with Crippen molar-refractivity contribution in [1.29, 1.82) is 0 Å². The van der Waals surface area contributed by atoms with Gasteiger partial charge in [0.1, 0.15) is 0 Å². The highest BCUT2D eigenvalue weighted by atomic mass is 35.5. The zero-order valence-corrected chi connectivity index (χ0v) is 9.91. The van der Waals surface area contributed by atoms with Crippen LogP contribution in [0.1, 0.15) is 23.6 Å². The van der Waals surface area contributed by atoms with Gasteiger partial charge in [-0.15, -0.1) is 11.6 Å². The first-order chi connectivity index (χ1) is 7.84. The van der Waals surface area contributed by atoms with E-state index in [1.165, 1.54) is 11.1 Å². The van der Waals surface area contributed by atoms with Gasteiger partial charge in [-0.1, -0.05) is 24.3 Å². The van der Waals surface area contributed by atoms with Crippen molar-refractivity contribution in [2.45, 2.75) is 30.3 Å². The van der Waals surface area contributed by atoms with E-state index >= 15 is 0 Å². The van der Waals surface area contributed by atoms with Crippen molar-refractivity contribution in [3.05, 3.63) is 35.4 Å². The fraction of sp³-hybridized carbons (Fsp3) is 0.538. The van der Waals surface area contributed by atoms with E-state index in [-0.39, 0.29) is 5.38 Å². The van der Waals surface area contributed by atoms with Crippen molar-refractivity contribution < 1.29 is 4.74 Å². The zero-order valence-electron chi connectivity index (χ0n) is 9.16. The predicted octanol–water partition coefficient (Wildman–Crippen LogP) is 2.27. The maximum absolute atomic E-state index is 6.42. The molecule has 0 saturated carbocycles. The topological polar surface area (TPSA) is 21.3 Å². The van der Waals surface area contributed by atoms with Crippen LogP contribution in [0.4, 0.5) is 0 Å². The first kappa shape index (κ1) is 10.6. The Morgan fingerprint density at radius 2 is 2.19 bits per heavy atom. The average Bonchev–Trinajstić information content (AvgIpc) is 2.89. The minimum atomic E-state index is 0.179. The van der Waals surface area contributed by atoms with Crippen LogP contribution in [0.5, 0.6) is 0 Å². The molecule has 0 amide bonds. The summed E-state index contributed by atoms with van der Waals surface area (Å²) in [6.45, 7) is 1.70. The van der Waals surface area contributed by atoms with Gasteiger partial charge in [-0.2, -0.15) is 0 Å². The summed E-state index contributed by atoms with van der Waals surface area (Å²) in [5.74, 6) is 0. The molecule has 2 nitrogen and oxygen atoms in total. The number of ether oxygens (including phenoxy) is 1. The Morgan fingerprint density at radius 3 is 3.00 bits per heavy atom. The van der Waals surface area contributed by atoms with E-state index in [4.69, 9.17) is 16.3 Å². The molecule has 1 aliphatic heterocycles. The van der Waals surface area contributed by atoms with Crippen molar-refractivity contribution in [2.75, 3.05) is 13.2 Å². The van der Waals surface area contributed by atoms with E-state index in [0.717, 1.165) is 26.1 Å². The highest BCUT2D eigenvalue weighted by Gasteiger charge is 2.32. The van der Waals surface area contributed by atoms with Gasteiger partial charge < -0.3 is 10.1 Å². The van der Waals surface area contributed by atoms with Gasteiger partial charge in [-0.3, -0.25) is 0 Å². The standard InChI is InChI=1S/C13H16ClNO/c14-12-7-9-3-1-2-4-11(9)13(12)15-10-5-6-16-8-10/h1-4,10,12-13,15H,5-8H2. The van der Waals surface area contributed by atoms with Gasteiger partial charge in [0.2, 0.25) is 0 Å². The van der Waals surface area contributed by atoms with Crippen LogP contribution in [0.15, 0.2) is 24.3 Å². The van der Waals surface area contributed by atoms with Gasteiger partial charge in [-0.25, -0.2) is 0 Å². The average molecular weight is 238 g/mol. The summed E-state index contributed by atoms with van der Waals surface area (Å²) in [6, 6.07) is 9.31. The quantitative estimate of drug-likeness (QED) is 0.797. The minimum absolute atomic E-state index is 0.179. The molecule has 1 N–H and O–H groups in total. The van der Waals surface area contributed by atoms with Crippen LogP contribution in [0.25, 0.3) is 0 Å². The fourth-order valence-electron chi connectivity index (χ4n) is 2.66. The molecule has 3 heteroatoms. The van der Waals surface area contributed by atoms with Crippen LogP contribution in [-0.4, -0.2) is 24.6 Å². The Hall–Kier alpha value is -0.570. The second-order valence-electron chi connectivity index (χ2n) is 4.62. The number of hydrogen-bond donors (Lipinski definition) is 1. The fourth-order valence-corrected chi connectivity index (χ4v) is 3.04. The summed E-state index contributed by atoms with van der Waals surface area (Å²) in [7, 11) is 0. The van der Waals surface area contributed by atoms with E-state index in [0.29, 0.717) is 12.1 Å². The van der Waals surface area contributed by atoms with E-state index in [2.05, 4.69) is 29.6 Å². The lowest BCUT2D eigenvalue weighted by molar-refractivity contribution is 0.188. The normalized spacial score (nSPS) is 32.9. The predicted molar refractivity (Wildman–Crippen MR) is 64.9 cm³/mol. The molecule has 16 heavy (non-hydrogen) atoms. The largest absolute Gasteiger partial charge is 0.380 e. The van der Waals surface area contributed by atoms with Crippen LogP contribution in [0.2, 0.25) is 0 Å². The molecule has 2 aliphatic rings. The Kier molecular flexibility index (Phi) is 2.88. The summed E-state index contributed by atoms with van der Waals surface area (Å²) in [6.07, 6.45) is 2.07. The molecule has 3 unspecified atom stereocenters. The molecule has 0 spiro atoms. The monoisotopic (exact) mass is 237 g/mol.